The van der Waals surface area contributed by atoms with E-state index in [9.17, 15) is 17.6 Å². The minimum atomic E-state index is -3.64. The number of hydrogen-bond acceptors (Lipinski definition) is 4. The molecule has 0 unspecified atom stereocenters. The molecule has 0 aliphatic rings. The molecule has 0 aliphatic heterocycles. The maximum atomic E-state index is 13.2. The monoisotopic (exact) mass is 413 g/mol. The molecular formula is C18H21ClFN3O3S. The molecule has 2 aromatic rings. The van der Waals surface area contributed by atoms with Gasteiger partial charge in [-0.1, -0.05) is 23.7 Å². The Hall–Kier alpha value is -2.00. The molecule has 0 spiro atoms. The molecule has 1 N–H and O–H groups in total. The van der Waals surface area contributed by atoms with E-state index in [-0.39, 0.29) is 33.9 Å². The minimum absolute atomic E-state index is 0.0253. The van der Waals surface area contributed by atoms with Crippen LogP contribution in [0, 0.1) is 5.82 Å². The lowest BCUT2D eigenvalue weighted by molar-refractivity contribution is -0.117. The van der Waals surface area contributed by atoms with Crippen molar-refractivity contribution in [2.45, 2.75) is 11.4 Å². The molecule has 0 heterocycles. The van der Waals surface area contributed by atoms with Crippen molar-refractivity contribution < 1.29 is 17.6 Å². The average molecular weight is 414 g/mol. The lowest BCUT2D eigenvalue weighted by Crippen LogP contribution is -2.30. The van der Waals surface area contributed by atoms with E-state index in [4.69, 9.17) is 11.6 Å². The molecule has 2 rings (SSSR count). The normalized spacial score (nSPS) is 11.8. The average Bonchev–Trinajstić information content (AvgIpc) is 2.56. The van der Waals surface area contributed by atoms with E-state index in [1.54, 1.807) is 24.1 Å². The Labute approximate surface area is 163 Å². The highest BCUT2D eigenvalue weighted by atomic mass is 35.5. The minimum Gasteiger partial charge on any atom is -0.324 e. The van der Waals surface area contributed by atoms with Crippen LogP contribution in [-0.2, 0) is 21.4 Å². The Morgan fingerprint density at radius 1 is 1.15 bits per heavy atom. The van der Waals surface area contributed by atoms with E-state index in [1.165, 1.54) is 44.4 Å². The van der Waals surface area contributed by atoms with Gasteiger partial charge < -0.3 is 5.32 Å². The van der Waals surface area contributed by atoms with E-state index in [1.807, 2.05) is 0 Å². The summed E-state index contributed by atoms with van der Waals surface area (Å²) in [6, 6.07) is 10.3. The smallest absolute Gasteiger partial charge is 0.242 e. The Morgan fingerprint density at radius 3 is 2.48 bits per heavy atom. The van der Waals surface area contributed by atoms with Crippen molar-refractivity contribution in [2.24, 2.45) is 0 Å². The summed E-state index contributed by atoms with van der Waals surface area (Å²) >= 11 is 6.08. The number of anilines is 1. The molecule has 0 bridgehead atoms. The van der Waals surface area contributed by atoms with Crippen LogP contribution in [0.2, 0.25) is 5.02 Å². The summed E-state index contributed by atoms with van der Waals surface area (Å²) in [6.07, 6.45) is 0. The molecule has 0 aromatic heterocycles. The van der Waals surface area contributed by atoms with Gasteiger partial charge in [-0.15, -0.1) is 0 Å². The number of nitrogens with one attached hydrogen (secondary N) is 1. The lowest BCUT2D eigenvalue weighted by atomic mass is 10.2. The fraction of sp³-hybridized carbons (Fsp3) is 0.278. The number of halogens is 2. The number of hydrogen-bond donors (Lipinski definition) is 1. The summed E-state index contributed by atoms with van der Waals surface area (Å²) in [5.74, 6) is -0.703. The maximum absolute atomic E-state index is 13.2. The second kappa shape index (κ2) is 8.79. The number of rotatable bonds is 7. The highest BCUT2D eigenvalue weighted by Crippen LogP contribution is 2.26. The zero-order valence-corrected chi connectivity index (χ0v) is 16.8. The van der Waals surface area contributed by atoms with Crippen LogP contribution in [0.3, 0.4) is 0 Å². The van der Waals surface area contributed by atoms with E-state index in [0.29, 0.717) is 6.54 Å². The molecule has 0 saturated carbocycles. The van der Waals surface area contributed by atoms with E-state index in [0.717, 1.165) is 9.87 Å². The Morgan fingerprint density at radius 2 is 1.85 bits per heavy atom. The van der Waals surface area contributed by atoms with E-state index in [2.05, 4.69) is 5.32 Å². The van der Waals surface area contributed by atoms with Gasteiger partial charge in [-0.25, -0.2) is 17.1 Å². The van der Waals surface area contributed by atoms with E-state index < -0.39 is 10.0 Å². The van der Waals surface area contributed by atoms with Gasteiger partial charge in [-0.3, -0.25) is 9.69 Å². The Kier molecular flexibility index (Phi) is 6.94. The molecule has 0 aliphatic carbocycles. The number of benzene rings is 2. The molecule has 27 heavy (non-hydrogen) atoms. The van der Waals surface area contributed by atoms with Crippen molar-refractivity contribution >= 4 is 33.2 Å². The molecule has 146 valence electrons. The summed E-state index contributed by atoms with van der Waals surface area (Å²) < 4.78 is 38.8. The molecular weight excluding hydrogens is 393 g/mol. The van der Waals surface area contributed by atoms with Crippen LogP contribution in [0.15, 0.2) is 47.4 Å². The first-order valence-electron chi connectivity index (χ1n) is 8.04. The van der Waals surface area contributed by atoms with Gasteiger partial charge in [-0.05, 0) is 42.9 Å². The second-order valence-corrected chi connectivity index (χ2v) is 8.84. The summed E-state index contributed by atoms with van der Waals surface area (Å²) in [4.78, 5) is 14.0. The first-order chi connectivity index (χ1) is 12.6. The Balaban J connectivity index is 2.07. The molecule has 0 saturated heterocycles. The van der Waals surface area contributed by atoms with Crippen LogP contribution < -0.4 is 5.32 Å². The SMILES string of the molecule is CN(CC(=O)Nc1cc(S(=O)(=O)N(C)C)ccc1Cl)Cc1cccc(F)c1. The first-order valence-corrected chi connectivity index (χ1v) is 9.86. The van der Waals surface area contributed by atoms with Gasteiger partial charge in [0.25, 0.3) is 0 Å². The topological polar surface area (TPSA) is 69.7 Å². The zero-order valence-electron chi connectivity index (χ0n) is 15.2. The first kappa shape index (κ1) is 21.3. The number of sulfonamides is 1. The van der Waals surface area contributed by atoms with Crippen LogP contribution in [0.1, 0.15) is 5.56 Å². The quantitative estimate of drug-likeness (QED) is 0.757. The number of carbonyl (C=O) groups excluding carboxylic acids is 1. The molecule has 0 fully saturated rings. The van der Waals surface area contributed by atoms with E-state index >= 15 is 0 Å². The molecule has 9 heteroatoms. The predicted octanol–water partition coefficient (Wildman–Crippen LogP) is 2.80. The standard InChI is InChI=1S/C18H21ClFN3O3S/c1-22(2)27(25,26)15-7-8-16(19)17(10-15)21-18(24)12-23(3)11-13-5-4-6-14(20)9-13/h4-10H,11-12H2,1-3H3,(H,21,24). The summed E-state index contributed by atoms with van der Waals surface area (Å²) in [5, 5.41) is 2.85. The van der Waals surface area contributed by atoms with Gasteiger partial charge >= 0.3 is 0 Å². The number of amides is 1. The molecule has 6 nitrogen and oxygen atoms in total. The van der Waals surface area contributed by atoms with Crippen molar-refractivity contribution in [2.75, 3.05) is 33.0 Å². The second-order valence-electron chi connectivity index (χ2n) is 6.28. The summed E-state index contributed by atoms with van der Waals surface area (Å²) in [6.45, 7) is 0.408. The predicted molar refractivity (Wildman–Crippen MR) is 104 cm³/mol. The molecule has 0 atom stereocenters. The van der Waals surface area contributed by atoms with Crippen LogP contribution in [0.4, 0.5) is 10.1 Å². The van der Waals surface area contributed by atoms with Crippen molar-refractivity contribution in [3.8, 4) is 0 Å². The lowest BCUT2D eigenvalue weighted by Gasteiger charge is -2.17. The number of carbonyl (C=O) groups is 1. The van der Waals surface area contributed by atoms with Gasteiger partial charge in [0.15, 0.2) is 0 Å². The van der Waals surface area contributed by atoms with Crippen LogP contribution in [0.5, 0.6) is 0 Å². The summed E-state index contributed by atoms with van der Waals surface area (Å²) in [5.41, 5.74) is 0.950. The van der Waals surface area contributed by atoms with Crippen LogP contribution in [0.25, 0.3) is 0 Å². The van der Waals surface area contributed by atoms with Crippen LogP contribution in [-0.4, -0.2) is 51.2 Å². The third-order valence-corrected chi connectivity index (χ3v) is 5.89. The maximum Gasteiger partial charge on any atom is 0.242 e. The highest BCUT2D eigenvalue weighted by molar-refractivity contribution is 7.89. The Bertz CT molecular complexity index is 935. The molecule has 0 radical (unpaired) electrons. The third-order valence-electron chi connectivity index (χ3n) is 3.75. The van der Waals surface area contributed by atoms with Gasteiger partial charge in [-0.2, -0.15) is 0 Å². The summed E-state index contributed by atoms with van der Waals surface area (Å²) in [7, 11) is 0.919. The van der Waals surface area contributed by atoms with Crippen molar-refractivity contribution in [1.29, 1.82) is 0 Å². The number of nitrogens with zero attached hydrogens (tertiary/aromatic N) is 2. The molecule has 2 aromatic carbocycles. The van der Waals surface area contributed by atoms with Crippen molar-refractivity contribution in [1.82, 2.24) is 9.21 Å². The van der Waals surface area contributed by atoms with Crippen molar-refractivity contribution in [3.05, 3.63) is 58.9 Å². The van der Waals surface area contributed by atoms with Gasteiger partial charge in [0.1, 0.15) is 5.82 Å². The fourth-order valence-corrected chi connectivity index (χ4v) is 3.50. The van der Waals surface area contributed by atoms with Crippen molar-refractivity contribution in [3.63, 3.8) is 0 Å². The van der Waals surface area contributed by atoms with Gasteiger partial charge in [0.05, 0.1) is 22.2 Å². The largest absolute Gasteiger partial charge is 0.324 e. The van der Waals surface area contributed by atoms with Gasteiger partial charge in [0.2, 0.25) is 15.9 Å². The van der Waals surface area contributed by atoms with Gasteiger partial charge in [0, 0.05) is 20.6 Å². The zero-order chi connectivity index (χ0) is 20.2. The highest BCUT2D eigenvalue weighted by Gasteiger charge is 2.19. The third kappa shape index (κ3) is 5.74. The number of likely N-dealkylation sites (N-methyl/N-ethyl adjacent to an activating group) is 1. The molecule has 1 amide bonds. The van der Waals surface area contributed by atoms with Crippen LogP contribution >= 0.6 is 11.6 Å². The fourth-order valence-electron chi connectivity index (χ4n) is 2.41.